The van der Waals surface area contributed by atoms with Gasteiger partial charge in [0.25, 0.3) is 0 Å². The minimum absolute atomic E-state index is 0.0957. The molecule has 0 aliphatic rings. The molecule has 25 heavy (non-hydrogen) atoms. The lowest BCUT2D eigenvalue weighted by molar-refractivity contribution is 0.597. The van der Waals surface area contributed by atoms with E-state index in [1.807, 2.05) is 12.1 Å². The molecule has 0 aromatic heterocycles. The Hall–Kier alpha value is -1.96. The fraction of sp³-hybridized carbons (Fsp3) is 0.278. The highest BCUT2D eigenvalue weighted by Gasteiger charge is 2.07. The lowest BCUT2D eigenvalue weighted by atomic mass is 9.99. The van der Waals surface area contributed by atoms with Crippen LogP contribution in [0.5, 0.6) is 0 Å². The molecule has 1 atom stereocenters. The van der Waals surface area contributed by atoms with Gasteiger partial charge in [-0.3, -0.25) is 0 Å². The van der Waals surface area contributed by atoms with E-state index in [0.717, 1.165) is 17.7 Å². The van der Waals surface area contributed by atoms with Gasteiger partial charge in [0.15, 0.2) is 5.11 Å². The number of hydrogen-bond acceptors (Lipinski definition) is 3. The molecule has 0 aliphatic carbocycles. The van der Waals surface area contributed by atoms with E-state index in [4.69, 9.17) is 17.4 Å². The van der Waals surface area contributed by atoms with E-state index in [9.17, 15) is 8.42 Å². The number of hydrogen-bond donors (Lipinski definition) is 3. The molecule has 0 saturated carbocycles. The van der Waals surface area contributed by atoms with Crippen LogP contribution >= 0.6 is 12.2 Å². The van der Waals surface area contributed by atoms with Gasteiger partial charge in [-0.25, -0.2) is 13.6 Å². The van der Waals surface area contributed by atoms with Crippen LogP contribution < -0.4 is 15.8 Å². The van der Waals surface area contributed by atoms with Crippen LogP contribution in [0.1, 0.15) is 37.3 Å². The Morgan fingerprint density at radius 2 is 1.72 bits per heavy atom. The Labute approximate surface area is 154 Å². The Bertz CT molecular complexity index is 816. The average Bonchev–Trinajstić information content (AvgIpc) is 2.59. The second kappa shape index (κ2) is 8.42. The van der Waals surface area contributed by atoms with Crippen LogP contribution in [0.3, 0.4) is 0 Å². The first-order valence-corrected chi connectivity index (χ1v) is 10.0. The van der Waals surface area contributed by atoms with Crippen LogP contribution in [0.4, 0.5) is 5.69 Å². The van der Waals surface area contributed by atoms with Crippen LogP contribution in [-0.4, -0.2) is 13.5 Å². The van der Waals surface area contributed by atoms with Gasteiger partial charge in [-0.15, -0.1) is 0 Å². The minimum atomic E-state index is -3.66. The van der Waals surface area contributed by atoms with Crippen molar-refractivity contribution in [2.75, 3.05) is 5.32 Å². The molecule has 0 heterocycles. The van der Waals surface area contributed by atoms with Crippen molar-refractivity contribution in [1.82, 2.24) is 5.32 Å². The summed E-state index contributed by atoms with van der Waals surface area (Å²) < 4.78 is 22.5. The fourth-order valence-corrected chi connectivity index (χ4v) is 2.99. The van der Waals surface area contributed by atoms with Crippen molar-refractivity contribution in [3.05, 3.63) is 59.7 Å². The summed E-state index contributed by atoms with van der Waals surface area (Å²) in [4.78, 5) is 0.0957. The predicted molar refractivity (Wildman–Crippen MR) is 106 cm³/mol. The minimum Gasteiger partial charge on any atom is -0.358 e. The summed E-state index contributed by atoms with van der Waals surface area (Å²) in [6.45, 7) is 4.86. The topological polar surface area (TPSA) is 84.2 Å². The molecule has 0 bridgehead atoms. The van der Waals surface area contributed by atoms with Crippen molar-refractivity contribution in [2.45, 2.75) is 37.6 Å². The summed E-state index contributed by atoms with van der Waals surface area (Å²) >= 11 is 5.29. The summed E-state index contributed by atoms with van der Waals surface area (Å²) in [5.41, 5.74) is 3.14. The lowest BCUT2D eigenvalue weighted by Crippen LogP contribution is -2.27. The predicted octanol–water partition coefficient (Wildman–Crippen LogP) is 3.33. The van der Waals surface area contributed by atoms with Gasteiger partial charge < -0.3 is 10.6 Å². The number of benzene rings is 2. The van der Waals surface area contributed by atoms with Crippen LogP contribution in [-0.2, 0) is 16.6 Å². The van der Waals surface area contributed by atoms with Gasteiger partial charge in [-0.2, -0.15) is 0 Å². The Kier molecular flexibility index (Phi) is 6.52. The highest BCUT2D eigenvalue weighted by atomic mass is 32.2. The average molecular weight is 378 g/mol. The summed E-state index contributed by atoms with van der Waals surface area (Å²) in [6, 6.07) is 14.6. The molecule has 2 rings (SSSR count). The summed E-state index contributed by atoms with van der Waals surface area (Å²) in [5, 5.41) is 11.8. The Morgan fingerprint density at radius 1 is 1.12 bits per heavy atom. The number of nitrogens with one attached hydrogen (secondary N) is 2. The number of sulfonamides is 1. The van der Waals surface area contributed by atoms with Crippen molar-refractivity contribution in [3.63, 3.8) is 0 Å². The molecule has 7 heteroatoms. The molecule has 2 aromatic rings. The number of rotatable bonds is 6. The van der Waals surface area contributed by atoms with E-state index in [1.54, 1.807) is 12.1 Å². The largest absolute Gasteiger partial charge is 0.358 e. The van der Waals surface area contributed by atoms with Crippen LogP contribution in [0.15, 0.2) is 53.4 Å². The molecule has 0 spiro atoms. The van der Waals surface area contributed by atoms with E-state index in [2.05, 4.69) is 36.6 Å². The van der Waals surface area contributed by atoms with E-state index >= 15 is 0 Å². The van der Waals surface area contributed by atoms with Gasteiger partial charge >= 0.3 is 0 Å². The van der Waals surface area contributed by atoms with Crippen LogP contribution in [0, 0.1) is 0 Å². The van der Waals surface area contributed by atoms with Gasteiger partial charge in [0.1, 0.15) is 0 Å². The summed E-state index contributed by atoms with van der Waals surface area (Å²) in [6.07, 6.45) is 1.11. The number of primary sulfonamides is 1. The first kappa shape index (κ1) is 19.4. The third-order valence-electron chi connectivity index (χ3n) is 4.05. The maximum Gasteiger partial charge on any atom is 0.238 e. The zero-order valence-electron chi connectivity index (χ0n) is 14.3. The molecule has 0 aliphatic heterocycles. The standard InChI is InChI=1S/C18H23N3O2S2/c1-3-13(2)15-6-8-16(9-7-15)21-18(24)20-12-14-4-10-17(11-5-14)25(19,22)23/h4-11,13H,3,12H2,1-2H3,(H2,19,22,23)(H2,20,21,24). The third kappa shape index (κ3) is 5.81. The molecule has 2 aromatic carbocycles. The van der Waals surface area contributed by atoms with Gasteiger partial charge in [-0.05, 0) is 59.9 Å². The SMILES string of the molecule is CCC(C)c1ccc(NC(=S)NCc2ccc(S(N)(=O)=O)cc2)cc1. The highest BCUT2D eigenvalue weighted by Crippen LogP contribution is 2.20. The first-order chi connectivity index (χ1) is 11.8. The molecule has 0 radical (unpaired) electrons. The smallest absolute Gasteiger partial charge is 0.238 e. The van der Waals surface area contributed by atoms with Crippen LogP contribution in [0.25, 0.3) is 0 Å². The first-order valence-electron chi connectivity index (χ1n) is 8.06. The zero-order chi connectivity index (χ0) is 18.4. The van der Waals surface area contributed by atoms with Crippen molar-refractivity contribution in [1.29, 1.82) is 0 Å². The molecule has 1 unspecified atom stereocenters. The normalized spacial score (nSPS) is 12.4. The lowest BCUT2D eigenvalue weighted by Gasteiger charge is -2.13. The molecule has 0 saturated heterocycles. The summed E-state index contributed by atoms with van der Waals surface area (Å²) in [7, 11) is -3.66. The molecular weight excluding hydrogens is 354 g/mol. The fourth-order valence-electron chi connectivity index (χ4n) is 2.29. The van der Waals surface area contributed by atoms with Crippen molar-refractivity contribution < 1.29 is 8.42 Å². The van der Waals surface area contributed by atoms with Gasteiger partial charge in [-0.1, -0.05) is 38.1 Å². The van der Waals surface area contributed by atoms with E-state index in [0.29, 0.717) is 17.6 Å². The number of thiocarbonyl (C=S) groups is 1. The maximum absolute atomic E-state index is 11.2. The number of anilines is 1. The van der Waals surface area contributed by atoms with Gasteiger partial charge in [0.05, 0.1) is 4.90 Å². The molecular formula is C18H23N3O2S2. The van der Waals surface area contributed by atoms with Gasteiger partial charge in [0, 0.05) is 12.2 Å². The molecule has 134 valence electrons. The summed E-state index contributed by atoms with van der Waals surface area (Å²) in [5.74, 6) is 0.541. The monoisotopic (exact) mass is 377 g/mol. The van der Waals surface area contributed by atoms with Crippen molar-refractivity contribution >= 4 is 33.0 Å². The quantitative estimate of drug-likeness (QED) is 0.673. The molecule has 4 N–H and O–H groups in total. The van der Waals surface area contributed by atoms with E-state index in [-0.39, 0.29) is 4.90 Å². The second-order valence-electron chi connectivity index (χ2n) is 5.93. The molecule has 0 fully saturated rings. The highest BCUT2D eigenvalue weighted by molar-refractivity contribution is 7.89. The van der Waals surface area contributed by atoms with E-state index in [1.165, 1.54) is 17.7 Å². The third-order valence-corrected chi connectivity index (χ3v) is 5.23. The Balaban J connectivity index is 1.88. The molecule has 0 amide bonds. The number of nitrogens with two attached hydrogens (primary N) is 1. The van der Waals surface area contributed by atoms with Gasteiger partial charge in [0.2, 0.25) is 10.0 Å². The zero-order valence-corrected chi connectivity index (χ0v) is 16.0. The Morgan fingerprint density at radius 3 is 2.24 bits per heavy atom. The van der Waals surface area contributed by atoms with Crippen molar-refractivity contribution in [3.8, 4) is 0 Å². The molecule has 5 nitrogen and oxygen atoms in total. The maximum atomic E-state index is 11.2. The van der Waals surface area contributed by atoms with Crippen molar-refractivity contribution in [2.24, 2.45) is 5.14 Å². The van der Waals surface area contributed by atoms with E-state index < -0.39 is 10.0 Å². The van der Waals surface area contributed by atoms with Crippen LogP contribution in [0.2, 0.25) is 0 Å². The second-order valence-corrected chi connectivity index (χ2v) is 7.90.